The van der Waals surface area contributed by atoms with Gasteiger partial charge < -0.3 is 18.6 Å². The molecule has 0 spiro atoms. The van der Waals surface area contributed by atoms with Crippen molar-refractivity contribution in [2.24, 2.45) is 0 Å². The van der Waals surface area contributed by atoms with Crippen molar-refractivity contribution >= 4 is 32.2 Å². The van der Waals surface area contributed by atoms with E-state index in [1.165, 1.54) is 13.8 Å². The molecule has 0 heterocycles. The van der Waals surface area contributed by atoms with E-state index >= 15 is 0 Å². The molecule has 0 unspecified atom stereocenters. The molecule has 0 amide bonds. The first-order chi connectivity index (χ1) is 10.7. The number of rotatable bonds is 8. The van der Waals surface area contributed by atoms with E-state index in [9.17, 15) is 35.5 Å². The fraction of sp³-hybridized carbons (Fsp3) is 0.500. The molecule has 0 N–H and O–H groups in total. The zero-order valence-electron chi connectivity index (χ0n) is 15.1. The Morgan fingerprint density at radius 3 is 1.15 bits per heavy atom. The Kier molecular flexibility index (Phi) is 21.1. The van der Waals surface area contributed by atoms with Gasteiger partial charge in [-0.05, 0) is 13.8 Å². The molecule has 0 aromatic carbocycles. The van der Waals surface area contributed by atoms with Crippen LogP contribution in [0.4, 0.5) is 0 Å². The molecule has 0 aromatic rings. The fourth-order valence-corrected chi connectivity index (χ4v) is 1.29. The van der Waals surface area contributed by atoms with Gasteiger partial charge in [0.05, 0.1) is 31.7 Å². The van der Waals surface area contributed by atoms with Crippen LogP contribution in [0.2, 0.25) is 0 Å². The third-order valence-electron chi connectivity index (χ3n) is 1.83. The van der Waals surface area contributed by atoms with Gasteiger partial charge in [-0.2, -0.15) is 0 Å². The Labute approximate surface area is 197 Å². The van der Waals surface area contributed by atoms with Gasteiger partial charge in [0.1, 0.15) is 13.2 Å². The Balaban J connectivity index is -0.000000173. The molecule has 14 heteroatoms. The molecule has 0 atom stereocenters. The molecule has 0 bridgehead atoms. The first-order valence-corrected chi connectivity index (χ1v) is 9.33. The van der Waals surface area contributed by atoms with Crippen molar-refractivity contribution in [3.63, 3.8) is 0 Å². The number of hydrogen-bond acceptors (Lipinski definition) is 10. The maximum atomic E-state index is 10.6. The van der Waals surface area contributed by atoms with Crippen molar-refractivity contribution in [3.05, 3.63) is 24.3 Å². The van der Waals surface area contributed by atoms with Crippen LogP contribution in [-0.4, -0.2) is 62.6 Å². The third-order valence-corrected chi connectivity index (χ3v) is 3.16. The number of hydrogen-bond donors (Lipinski definition) is 0. The summed E-state index contributed by atoms with van der Waals surface area (Å²) in [6.45, 7) is 8.55. The molecule has 0 saturated heterocycles. The van der Waals surface area contributed by atoms with Gasteiger partial charge >= 0.3 is 71.1 Å². The second-order valence-electron chi connectivity index (χ2n) is 4.36. The fourth-order valence-electron chi connectivity index (χ4n) is 0.719. The second kappa shape index (κ2) is 16.2. The zero-order valence-corrected chi connectivity index (χ0v) is 20.8. The normalized spacial score (nSPS) is 10.0. The summed E-state index contributed by atoms with van der Waals surface area (Å²) in [5.41, 5.74) is 0.330. The molecule has 0 fully saturated rings. The molecular weight excluding hydrogens is 414 g/mol. The average molecular weight is 432 g/mol. The van der Waals surface area contributed by atoms with Gasteiger partial charge in [0, 0.05) is 11.1 Å². The van der Waals surface area contributed by atoms with E-state index in [0.717, 1.165) is 0 Å². The largest absolute Gasteiger partial charge is 1.00 e. The van der Waals surface area contributed by atoms with E-state index in [-0.39, 0.29) is 70.3 Å². The molecule has 0 radical (unpaired) electrons. The van der Waals surface area contributed by atoms with E-state index in [2.05, 4.69) is 22.6 Å². The minimum absolute atomic E-state index is 0. The van der Waals surface area contributed by atoms with Crippen LogP contribution in [-0.2, 0) is 39.3 Å². The molecular formula is C12H18Na2O10S2. The van der Waals surface area contributed by atoms with Crippen molar-refractivity contribution in [2.75, 3.05) is 24.7 Å². The van der Waals surface area contributed by atoms with Crippen LogP contribution in [0.5, 0.6) is 0 Å². The van der Waals surface area contributed by atoms with E-state index in [4.69, 9.17) is 0 Å². The van der Waals surface area contributed by atoms with Gasteiger partial charge in [-0.25, -0.2) is 26.4 Å². The predicted molar refractivity (Wildman–Crippen MR) is 80.7 cm³/mol. The van der Waals surface area contributed by atoms with Crippen molar-refractivity contribution in [1.29, 1.82) is 0 Å². The molecule has 0 aliphatic carbocycles. The van der Waals surface area contributed by atoms with Crippen LogP contribution >= 0.6 is 0 Å². The summed E-state index contributed by atoms with van der Waals surface area (Å²) in [7, 11) is -8.60. The van der Waals surface area contributed by atoms with Gasteiger partial charge in [-0.1, -0.05) is 13.2 Å². The number of ether oxygens (including phenoxy) is 2. The first kappa shape index (κ1) is 33.8. The average Bonchev–Trinajstić information content (AvgIpc) is 2.35. The van der Waals surface area contributed by atoms with E-state index in [0.29, 0.717) is 0 Å². The Morgan fingerprint density at radius 1 is 0.769 bits per heavy atom. The van der Waals surface area contributed by atoms with Crippen molar-refractivity contribution in [1.82, 2.24) is 0 Å². The summed E-state index contributed by atoms with van der Waals surface area (Å²) in [6, 6.07) is 0. The number of carbonyl (C=O) groups is 2. The minimum atomic E-state index is -4.30. The van der Waals surface area contributed by atoms with E-state index in [1.807, 2.05) is 0 Å². The van der Waals surface area contributed by atoms with Crippen LogP contribution in [0, 0.1) is 0 Å². The minimum Gasteiger partial charge on any atom is -0.748 e. The van der Waals surface area contributed by atoms with Crippen LogP contribution in [0.3, 0.4) is 0 Å². The van der Waals surface area contributed by atoms with Crippen LogP contribution in [0.1, 0.15) is 13.8 Å². The molecule has 0 rings (SSSR count). The SMILES string of the molecule is C=C(C)C(=O)OCCS(=O)(=O)[O-].C=C(C)C(=O)OCCS(=O)(=O)[O-].[Na+].[Na+]. The Hall–Kier alpha value is 0.240. The van der Waals surface area contributed by atoms with E-state index in [1.54, 1.807) is 0 Å². The van der Waals surface area contributed by atoms with Gasteiger partial charge in [-0.15, -0.1) is 0 Å². The first-order valence-electron chi connectivity index (χ1n) is 6.18. The molecule has 26 heavy (non-hydrogen) atoms. The molecule has 0 aromatic heterocycles. The van der Waals surface area contributed by atoms with Gasteiger partial charge in [0.2, 0.25) is 0 Å². The van der Waals surface area contributed by atoms with Gasteiger partial charge in [0.25, 0.3) is 0 Å². The molecule has 0 aliphatic rings. The maximum Gasteiger partial charge on any atom is 1.00 e. The van der Waals surface area contributed by atoms with Crippen LogP contribution in [0.25, 0.3) is 0 Å². The summed E-state index contributed by atoms with van der Waals surface area (Å²) in [6.07, 6.45) is 0. The van der Waals surface area contributed by atoms with Gasteiger partial charge in [-0.3, -0.25) is 0 Å². The molecule has 0 aliphatic heterocycles. The molecule has 0 saturated carbocycles. The smallest absolute Gasteiger partial charge is 0.748 e. The van der Waals surface area contributed by atoms with Crippen molar-refractivity contribution < 1.29 is 104 Å². The quantitative estimate of drug-likeness (QED) is 0.156. The summed E-state index contributed by atoms with van der Waals surface area (Å²) < 4.78 is 68.8. The zero-order chi connectivity index (χ0) is 19.6. The second-order valence-corrected chi connectivity index (χ2v) is 7.40. The summed E-state index contributed by atoms with van der Waals surface area (Å²) in [4.78, 5) is 21.2. The number of esters is 2. The van der Waals surface area contributed by atoms with Crippen LogP contribution in [0.15, 0.2) is 24.3 Å². The molecule has 10 nitrogen and oxygen atoms in total. The summed E-state index contributed by atoms with van der Waals surface area (Å²) in [5.74, 6) is -2.80. The molecule has 140 valence electrons. The topological polar surface area (TPSA) is 167 Å². The Bertz CT molecular complexity index is 623. The van der Waals surface area contributed by atoms with Crippen molar-refractivity contribution in [3.8, 4) is 0 Å². The van der Waals surface area contributed by atoms with Crippen LogP contribution < -0.4 is 59.1 Å². The number of carbonyl (C=O) groups excluding carboxylic acids is 2. The monoisotopic (exact) mass is 432 g/mol. The third kappa shape index (κ3) is 26.5. The predicted octanol–water partition coefficient (Wildman–Crippen LogP) is -6.69. The maximum absolute atomic E-state index is 10.6. The summed E-state index contributed by atoms with van der Waals surface area (Å²) >= 11 is 0. The van der Waals surface area contributed by atoms with Crippen molar-refractivity contribution in [2.45, 2.75) is 13.8 Å². The van der Waals surface area contributed by atoms with E-state index < -0.39 is 56.9 Å². The Morgan fingerprint density at radius 2 is 1.00 bits per heavy atom. The summed E-state index contributed by atoms with van der Waals surface area (Å²) in [5, 5.41) is 0. The standard InChI is InChI=1S/2C6H10O5S.2Na/c2*1-5(2)6(7)11-3-4-12(8,9)10;;/h2*1,3-4H2,2H3,(H,8,9,10);;/q;;2*+1/p-2. The van der Waals surface area contributed by atoms with Gasteiger partial charge in [0.15, 0.2) is 0 Å².